The molecular weight excluding hydrogens is 494 g/mol. The third kappa shape index (κ3) is 5.57. The van der Waals surface area contributed by atoms with Crippen LogP contribution in [0.5, 0.6) is 0 Å². The number of carbonyl (C=O) groups excluding carboxylic acids is 2. The first-order chi connectivity index (χ1) is 17.7. The van der Waals surface area contributed by atoms with E-state index in [9.17, 15) is 18.4 Å². The summed E-state index contributed by atoms with van der Waals surface area (Å²) in [5.74, 6) is 0.0367. The van der Waals surface area contributed by atoms with Crippen LogP contribution >= 0.6 is 11.8 Å². The molecule has 37 heavy (non-hydrogen) atoms. The maximum atomic E-state index is 14.0. The average molecular weight is 527 g/mol. The fraction of sp³-hybridized carbons (Fsp3) is 0.357. The first-order valence-electron chi connectivity index (χ1n) is 12.1. The molecular formula is C28H32F2N4O2S. The Balaban J connectivity index is 1.52. The Bertz CT molecular complexity index is 1230. The van der Waals surface area contributed by atoms with E-state index in [1.54, 1.807) is 11.8 Å². The number of halogens is 2. The van der Waals surface area contributed by atoms with Crippen LogP contribution in [0.2, 0.25) is 0 Å². The number of likely N-dealkylation sites (N-methyl/N-ethyl adjacent to an activating group) is 1. The summed E-state index contributed by atoms with van der Waals surface area (Å²) in [5.41, 5.74) is 4.54. The van der Waals surface area contributed by atoms with Crippen LogP contribution in [0.3, 0.4) is 0 Å². The first kappa shape index (κ1) is 26.9. The lowest BCUT2D eigenvalue weighted by Crippen LogP contribution is -2.56. The van der Waals surface area contributed by atoms with Crippen LogP contribution in [0.25, 0.3) is 0 Å². The van der Waals surface area contributed by atoms with E-state index in [-0.39, 0.29) is 11.9 Å². The molecule has 2 aromatic rings. The Labute approximate surface area is 220 Å². The van der Waals surface area contributed by atoms with Crippen molar-refractivity contribution in [2.24, 2.45) is 0 Å². The molecule has 1 unspecified atom stereocenters. The number of amides is 2. The highest BCUT2D eigenvalue weighted by Crippen LogP contribution is 2.37. The first-order valence-corrected chi connectivity index (χ1v) is 13.3. The van der Waals surface area contributed by atoms with Crippen molar-refractivity contribution in [2.75, 3.05) is 37.5 Å². The van der Waals surface area contributed by atoms with Gasteiger partial charge in [0.15, 0.2) is 0 Å². The molecule has 0 aromatic heterocycles. The molecule has 4 rings (SSSR count). The Kier molecular flexibility index (Phi) is 8.04. The van der Waals surface area contributed by atoms with Crippen LogP contribution in [0.15, 0.2) is 60.4 Å². The summed E-state index contributed by atoms with van der Waals surface area (Å²) in [6, 6.07) is 9.46. The largest absolute Gasteiger partial charge is 0.361 e. The van der Waals surface area contributed by atoms with Gasteiger partial charge in [0.2, 0.25) is 12.3 Å². The highest BCUT2D eigenvalue weighted by molar-refractivity contribution is 7.99. The molecule has 9 heteroatoms. The van der Waals surface area contributed by atoms with E-state index in [1.807, 2.05) is 50.2 Å². The van der Waals surface area contributed by atoms with Gasteiger partial charge in [-0.25, -0.2) is 8.78 Å². The van der Waals surface area contributed by atoms with Gasteiger partial charge in [0.25, 0.3) is 0 Å². The van der Waals surface area contributed by atoms with Crippen LogP contribution in [-0.2, 0) is 22.4 Å². The third-order valence-corrected chi connectivity index (χ3v) is 8.25. The minimum Gasteiger partial charge on any atom is -0.361 e. The molecule has 0 bridgehead atoms. The van der Waals surface area contributed by atoms with Crippen molar-refractivity contribution in [2.45, 2.75) is 31.3 Å². The van der Waals surface area contributed by atoms with Gasteiger partial charge in [-0.3, -0.25) is 19.8 Å². The molecule has 196 valence electrons. The predicted molar refractivity (Wildman–Crippen MR) is 144 cm³/mol. The van der Waals surface area contributed by atoms with Crippen molar-refractivity contribution >= 4 is 29.8 Å². The van der Waals surface area contributed by atoms with Crippen molar-refractivity contribution < 1.29 is 18.4 Å². The number of hydrogen-bond donors (Lipinski definition) is 2. The zero-order valence-corrected chi connectivity index (χ0v) is 22.1. The minimum atomic E-state index is -0.821. The van der Waals surface area contributed by atoms with Gasteiger partial charge in [-0.05, 0) is 62.0 Å². The van der Waals surface area contributed by atoms with Gasteiger partial charge in [0.05, 0.1) is 12.6 Å². The molecule has 1 saturated heterocycles. The van der Waals surface area contributed by atoms with Crippen molar-refractivity contribution in [1.82, 2.24) is 15.1 Å². The van der Waals surface area contributed by atoms with Gasteiger partial charge >= 0.3 is 0 Å². The maximum absolute atomic E-state index is 14.0. The Hall–Kier alpha value is -3.17. The highest BCUT2D eigenvalue weighted by Gasteiger charge is 2.45. The van der Waals surface area contributed by atoms with Crippen molar-refractivity contribution in [3.05, 3.63) is 88.8 Å². The molecule has 0 radical (unpaired) electrons. The van der Waals surface area contributed by atoms with Crippen LogP contribution in [0.4, 0.5) is 14.5 Å². The summed E-state index contributed by atoms with van der Waals surface area (Å²) in [5, 5.41) is 5.70. The summed E-state index contributed by atoms with van der Waals surface area (Å²) < 4.78 is 28.0. The summed E-state index contributed by atoms with van der Waals surface area (Å²) >= 11 is 1.73. The Morgan fingerprint density at radius 3 is 2.54 bits per heavy atom. The zero-order valence-electron chi connectivity index (χ0n) is 21.3. The van der Waals surface area contributed by atoms with Crippen molar-refractivity contribution in [3.8, 4) is 0 Å². The van der Waals surface area contributed by atoms with Gasteiger partial charge in [-0.2, -0.15) is 11.8 Å². The van der Waals surface area contributed by atoms with Crippen LogP contribution < -0.4 is 10.6 Å². The number of rotatable bonds is 8. The second-order valence-electron chi connectivity index (χ2n) is 9.72. The molecule has 1 aliphatic carbocycles. The van der Waals surface area contributed by atoms with Crippen LogP contribution in [-0.4, -0.2) is 59.8 Å². The number of nitrogens with zero attached hydrogens (tertiary/aromatic N) is 2. The second-order valence-corrected chi connectivity index (χ2v) is 10.8. The van der Waals surface area contributed by atoms with E-state index in [0.717, 1.165) is 40.0 Å². The fourth-order valence-corrected chi connectivity index (χ4v) is 6.46. The summed E-state index contributed by atoms with van der Waals surface area (Å²) in [4.78, 5) is 27.7. The summed E-state index contributed by atoms with van der Waals surface area (Å²) in [6.07, 6.45) is 3.45. The molecule has 2 aromatic carbocycles. The minimum absolute atomic E-state index is 0.189. The van der Waals surface area contributed by atoms with Gasteiger partial charge in [-0.15, -0.1) is 0 Å². The predicted octanol–water partition coefficient (Wildman–Crippen LogP) is 4.26. The standard InChI is InChI=1S/C28H32F2N4O2S/c1-5-25-15-37-16-26(20-8-22(29)11-23(30)9-20)34(25)14-18(2)32-24-7-6-19-12-28(33(3)4,13-21(19)10-24)27(36)31-17-35/h5-11,17,26,32H,2,12-16H2,1,3-4H3,(H,31,35,36)/b25-5-/t26-,28?/m0/s1. The van der Waals surface area contributed by atoms with Crippen LogP contribution in [0.1, 0.15) is 29.7 Å². The Morgan fingerprint density at radius 2 is 1.89 bits per heavy atom. The van der Waals surface area contributed by atoms with E-state index in [0.29, 0.717) is 37.1 Å². The molecule has 0 saturated carbocycles. The smallest absolute Gasteiger partial charge is 0.247 e. The molecule has 6 nitrogen and oxygen atoms in total. The average Bonchev–Trinajstić information content (AvgIpc) is 3.24. The molecule has 2 aliphatic rings. The van der Waals surface area contributed by atoms with Crippen molar-refractivity contribution in [1.29, 1.82) is 0 Å². The number of nitrogens with one attached hydrogen (secondary N) is 2. The van der Waals surface area contributed by atoms with Gasteiger partial charge in [0.1, 0.15) is 17.2 Å². The molecule has 2 atom stereocenters. The molecule has 2 N–H and O–H groups in total. The number of allylic oxidation sites excluding steroid dienone is 1. The lowest BCUT2D eigenvalue weighted by Gasteiger charge is -2.40. The van der Waals surface area contributed by atoms with E-state index in [2.05, 4.69) is 22.1 Å². The summed E-state index contributed by atoms with van der Waals surface area (Å²) in [6.45, 7) is 6.66. The monoisotopic (exact) mass is 526 g/mol. The number of benzene rings is 2. The number of carbonyl (C=O) groups is 2. The Morgan fingerprint density at radius 1 is 1.19 bits per heavy atom. The van der Waals surface area contributed by atoms with Crippen molar-refractivity contribution in [3.63, 3.8) is 0 Å². The normalized spacial score (nSPS) is 22.2. The van der Waals surface area contributed by atoms with Gasteiger partial charge in [-0.1, -0.05) is 18.7 Å². The van der Waals surface area contributed by atoms with Gasteiger partial charge in [0, 0.05) is 47.5 Å². The van der Waals surface area contributed by atoms with E-state index >= 15 is 0 Å². The fourth-order valence-electron chi connectivity index (χ4n) is 5.20. The SMILES string of the molecule is C=C(CN1/C(=C\C)CSC[C@H]1c1cc(F)cc(F)c1)Nc1ccc2c(c1)CC(C(=O)NC=O)(N(C)C)C2. The van der Waals surface area contributed by atoms with Gasteiger partial charge < -0.3 is 10.2 Å². The number of hydrogen-bond acceptors (Lipinski definition) is 6. The molecule has 2 amide bonds. The topological polar surface area (TPSA) is 64.7 Å². The second kappa shape index (κ2) is 11.1. The quantitative estimate of drug-likeness (QED) is 0.502. The number of fused-ring (bicyclic) bond motifs is 1. The van der Waals surface area contributed by atoms with Crippen LogP contribution in [0, 0.1) is 11.6 Å². The van der Waals surface area contributed by atoms with E-state index < -0.39 is 17.2 Å². The zero-order chi connectivity index (χ0) is 26.7. The molecule has 1 heterocycles. The maximum Gasteiger partial charge on any atom is 0.247 e. The molecule has 0 spiro atoms. The third-order valence-electron chi connectivity index (χ3n) is 7.20. The number of anilines is 1. The number of imide groups is 1. The molecule has 1 aliphatic heterocycles. The summed E-state index contributed by atoms with van der Waals surface area (Å²) in [7, 11) is 3.68. The van der Waals surface area contributed by atoms with E-state index in [4.69, 9.17) is 0 Å². The van der Waals surface area contributed by atoms with E-state index in [1.165, 1.54) is 12.1 Å². The number of thioether (sulfide) groups is 1. The highest BCUT2D eigenvalue weighted by atomic mass is 32.2. The molecule has 1 fully saturated rings. The lowest BCUT2D eigenvalue weighted by molar-refractivity contribution is -0.134. The lowest BCUT2D eigenvalue weighted by atomic mass is 9.93.